The van der Waals surface area contributed by atoms with Gasteiger partial charge in [-0.25, -0.2) is 0 Å². The van der Waals surface area contributed by atoms with Gasteiger partial charge in [-0.3, -0.25) is 0 Å². The molecule has 0 amide bonds. The highest BCUT2D eigenvalue weighted by Crippen LogP contribution is 2.18. The van der Waals surface area contributed by atoms with Crippen LogP contribution in [-0.4, -0.2) is 7.11 Å². The molecule has 2 rings (SSSR count). The van der Waals surface area contributed by atoms with E-state index in [4.69, 9.17) is 4.74 Å². The van der Waals surface area contributed by atoms with Gasteiger partial charge in [0.25, 0.3) is 0 Å². The van der Waals surface area contributed by atoms with Crippen LogP contribution in [0.3, 0.4) is 0 Å². The summed E-state index contributed by atoms with van der Waals surface area (Å²) in [6.07, 6.45) is 4.25. The Kier molecular flexibility index (Phi) is 5.86. The predicted octanol–water partition coefficient (Wildman–Crippen LogP) is 5.66. The van der Waals surface area contributed by atoms with Crippen molar-refractivity contribution in [2.75, 3.05) is 7.11 Å². The van der Waals surface area contributed by atoms with E-state index < -0.39 is 0 Å². The summed E-state index contributed by atoms with van der Waals surface area (Å²) >= 11 is 7.03. The topological polar surface area (TPSA) is 9.23 Å². The van der Waals surface area contributed by atoms with Crippen LogP contribution in [0.5, 0.6) is 5.75 Å². The summed E-state index contributed by atoms with van der Waals surface area (Å²) in [5.74, 6) is 0.880. The van der Waals surface area contributed by atoms with Crippen molar-refractivity contribution < 1.29 is 4.74 Å². The van der Waals surface area contributed by atoms with E-state index >= 15 is 0 Å². The highest BCUT2D eigenvalue weighted by molar-refractivity contribution is 9.08. The van der Waals surface area contributed by atoms with Gasteiger partial charge in [-0.1, -0.05) is 74.3 Å². The number of hydrogen-bond donors (Lipinski definition) is 0. The van der Waals surface area contributed by atoms with Crippen LogP contribution in [0.4, 0.5) is 0 Å². The zero-order valence-corrected chi connectivity index (χ0v) is 14.4. The second kappa shape index (κ2) is 7.65. The fraction of sp³-hybridized carbons (Fsp3) is 0.176. The molecule has 0 saturated heterocycles. The van der Waals surface area contributed by atoms with Crippen LogP contribution in [0.2, 0.25) is 0 Å². The molecular formula is C17H16Br2O. The molecule has 0 saturated carbocycles. The summed E-state index contributed by atoms with van der Waals surface area (Å²) < 4.78 is 5.16. The molecule has 20 heavy (non-hydrogen) atoms. The molecular weight excluding hydrogens is 380 g/mol. The van der Waals surface area contributed by atoms with Crippen LogP contribution in [0.1, 0.15) is 22.3 Å². The minimum absolute atomic E-state index is 0.872. The van der Waals surface area contributed by atoms with Crippen LogP contribution in [-0.2, 0) is 10.7 Å². The molecule has 0 heterocycles. The summed E-state index contributed by atoms with van der Waals surface area (Å²) in [4.78, 5) is 0. The van der Waals surface area contributed by atoms with E-state index in [9.17, 15) is 0 Å². The first-order chi connectivity index (χ1) is 9.75. The standard InChI is InChI=1S/C17H16Br2O/c1-20-17-6-4-13(5-7-17)2-3-14-8-15(11-18)10-16(9-14)12-19/h2-10H,11-12H2,1H3/b3-2+. The van der Waals surface area contributed by atoms with E-state index in [0.717, 1.165) is 22.0 Å². The van der Waals surface area contributed by atoms with E-state index in [0.29, 0.717) is 0 Å². The lowest BCUT2D eigenvalue weighted by Crippen LogP contribution is -1.85. The smallest absolute Gasteiger partial charge is 0.118 e. The van der Waals surface area contributed by atoms with E-state index in [1.807, 2.05) is 12.1 Å². The monoisotopic (exact) mass is 394 g/mol. The van der Waals surface area contributed by atoms with E-state index in [-0.39, 0.29) is 0 Å². The van der Waals surface area contributed by atoms with Crippen molar-refractivity contribution in [1.82, 2.24) is 0 Å². The molecule has 104 valence electrons. The fourth-order valence-electron chi connectivity index (χ4n) is 1.95. The van der Waals surface area contributed by atoms with Crippen LogP contribution < -0.4 is 4.74 Å². The molecule has 0 radical (unpaired) electrons. The molecule has 0 aliphatic rings. The zero-order chi connectivity index (χ0) is 14.4. The van der Waals surface area contributed by atoms with Gasteiger partial charge in [0.05, 0.1) is 7.11 Å². The molecule has 2 aromatic rings. The first-order valence-electron chi connectivity index (χ1n) is 6.32. The van der Waals surface area contributed by atoms with Gasteiger partial charge in [0.2, 0.25) is 0 Å². The van der Waals surface area contributed by atoms with Crippen LogP contribution >= 0.6 is 31.9 Å². The quantitative estimate of drug-likeness (QED) is 0.469. The lowest BCUT2D eigenvalue weighted by atomic mass is 10.1. The first-order valence-corrected chi connectivity index (χ1v) is 8.56. The highest BCUT2D eigenvalue weighted by atomic mass is 79.9. The maximum atomic E-state index is 5.16. The molecule has 2 aromatic carbocycles. The molecule has 0 N–H and O–H groups in total. The van der Waals surface area contributed by atoms with E-state index in [1.54, 1.807) is 7.11 Å². The second-order valence-corrected chi connectivity index (χ2v) is 5.58. The number of methoxy groups -OCH3 is 1. The third-order valence-electron chi connectivity index (χ3n) is 2.97. The van der Waals surface area contributed by atoms with Crippen LogP contribution in [0.15, 0.2) is 42.5 Å². The molecule has 1 nitrogen and oxygen atoms in total. The number of rotatable bonds is 5. The van der Waals surface area contributed by atoms with Gasteiger partial charge in [-0.2, -0.15) is 0 Å². The summed E-state index contributed by atoms with van der Waals surface area (Å²) in [5.41, 5.74) is 4.95. The SMILES string of the molecule is COc1ccc(/C=C/c2cc(CBr)cc(CBr)c2)cc1. The Morgan fingerprint density at radius 2 is 1.40 bits per heavy atom. The molecule has 0 spiro atoms. The number of alkyl halides is 2. The Morgan fingerprint density at radius 1 is 0.850 bits per heavy atom. The lowest BCUT2D eigenvalue weighted by Gasteiger charge is -2.04. The molecule has 0 aliphatic carbocycles. The summed E-state index contributed by atoms with van der Waals surface area (Å²) in [6.45, 7) is 0. The maximum Gasteiger partial charge on any atom is 0.118 e. The van der Waals surface area contributed by atoms with E-state index in [1.165, 1.54) is 16.7 Å². The molecule has 0 fully saturated rings. The highest BCUT2D eigenvalue weighted by Gasteiger charge is 1.98. The molecule has 0 aliphatic heterocycles. The Balaban J connectivity index is 2.21. The zero-order valence-electron chi connectivity index (χ0n) is 11.3. The van der Waals surface area contributed by atoms with Gasteiger partial charge in [0.1, 0.15) is 5.75 Å². The second-order valence-electron chi connectivity index (χ2n) is 4.46. The normalized spacial score (nSPS) is 10.9. The van der Waals surface area contributed by atoms with Crippen molar-refractivity contribution in [3.63, 3.8) is 0 Å². The average Bonchev–Trinajstić information content (AvgIpc) is 2.53. The Labute approximate surface area is 136 Å². The molecule has 3 heteroatoms. The fourth-order valence-corrected chi connectivity index (χ4v) is 2.60. The third-order valence-corrected chi connectivity index (χ3v) is 4.26. The lowest BCUT2D eigenvalue weighted by molar-refractivity contribution is 0.415. The van der Waals surface area contributed by atoms with Crippen molar-refractivity contribution in [2.24, 2.45) is 0 Å². The maximum absolute atomic E-state index is 5.16. The predicted molar refractivity (Wildman–Crippen MR) is 93.6 cm³/mol. The minimum Gasteiger partial charge on any atom is -0.497 e. The van der Waals surface area contributed by atoms with Gasteiger partial charge in [0.15, 0.2) is 0 Å². The average molecular weight is 396 g/mol. The molecule has 0 atom stereocenters. The van der Waals surface area contributed by atoms with Gasteiger partial charge in [-0.05, 0) is 34.4 Å². The van der Waals surface area contributed by atoms with Crippen molar-refractivity contribution in [1.29, 1.82) is 0 Å². The van der Waals surface area contributed by atoms with Crippen LogP contribution in [0, 0.1) is 0 Å². The molecule has 0 aromatic heterocycles. The number of ether oxygens (including phenoxy) is 1. The summed E-state index contributed by atoms with van der Waals surface area (Å²) in [6, 6.07) is 14.6. The van der Waals surface area contributed by atoms with Crippen molar-refractivity contribution >= 4 is 44.0 Å². The van der Waals surface area contributed by atoms with Crippen molar-refractivity contribution in [3.8, 4) is 5.75 Å². The summed E-state index contributed by atoms with van der Waals surface area (Å²) in [5, 5.41) is 1.74. The largest absolute Gasteiger partial charge is 0.497 e. The van der Waals surface area contributed by atoms with Gasteiger partial charge >= 0.3 is 0 Å². The number of hydrogen-bond acceptors (Lipinski definition) is 1. The third kappa shape index (κ3) is 4.22. The Hall–Kier alpha value is -1.06. The van der Waals surface area contributed by atoms with Gasteiger partial charge in [0, 0.05) is 10.7 Å². The van der Waals surface area contributed by atoms with E-state index in [2.05, 4.69) is 74.3 Å². The number of benzene rings is 2. The van der Waals surface area contributed by atoms with Crippen molar-refractivity contribution in [3.05, 3.63) is 64.7 Å². The Bertz CT molecular complexity index is 566. The number of halogens is 2. The van der Waals surface area contributed by atoms with Gasteiger partial charge < -0.3 is 4.74 Å². The van der Waals surface area contributed by atoms with Crippen molar-refractivity contribution in [2.45, 2.75) is 10.7 Å². The summed E-state index contributed by atoms with van der Waals surface area (Å²) in [7, 11) is 1.68. The van der Waals surface area contributed by atoms with Gasteiger partial charge in [-0.15, -0.1) is 0 Å². The molecule has 0 bridgehead atoms. The van der Waals surface area contributed by atoms with Crippen LogP contribution in [0.25, 0.3) is 12.2 Å². The Morgan fingerprint density at radius 3 is 1.90 bits per heavy atom. The minimum atomic E-state index is 0.872. The first kappa shape index (κ1) is 15.3. The molecule has 0 unspecified atom stereocenters.